The molecule has 0 aliphatic rings. The van der Waals surface area contributed by atoms with Gasteiger partial charge in [-0.05, 0) is 84.1 Å². The Morgan fingerprint density at radius 1 is 0.780 bits per heavy atom. The van der Waals surface area contributed by atoms with Crippen LogP contribution in [0.25, 0.3) is 0 Å². The molecule has 4 aromatic rings. The summed E-state index contributed by atoms with van der Waals surface area (Å²) in [7, 11) is 4.86. The van der Waals surface area contributed by atoms with Gasteiger partial charge in [-0.25, -0.2) is 8.78 Å². The molecule has 4 nitrogen and oxygen atoms in total. The van der Waals surface area contributed by atoms with Crippen molar-refractivity contribution in [3.8, 4) is 29.1 Å². The van der Waals surface area contributed by atoms with E-state index in [2.05, 4.69) is 32.7 Å². The molecule has 4 rings (SSSR count). The largest absolute Gasteiger partial charge is 0.497 e. The Balaban J connectivity index is 1.71. The Morgan fingerprint density at radius 3 is 2.12 bits per heavy atom. The number of methoxy groups -OCH3 is 3. The summed E-state index contributed by atoms with van der Waals surface area (Å²) in [6.07, 6.45) is 1.17. The Bertz CT molecular complexity index is 1510. The summed E-state index contributed by atoms with van der Waals surface area (Å²) in [5.74, 6) is 7.96. The SMILES string of the molecule is COc1ccc(CN(CCc2cc(OC)c(OC)cc2Br)C(C#Cc2cccc(F)c2)Cc2cccc(F)c2)cc1. The van der Waals surface area contributed by atoms with Crippen molar-refractivity contribution in [3.05, 3.63) is 123 Å². The van der Waals surface area contributed by atoms with E-state index in [0.717, 1.165) is 26.9 Å². The standard InChI is InChI=1S/C34H32BrF2NO3/c1-39-31-14-11-25(12-15-31)23-38(17-16-27-21-33(40-2)34(41-3)22-32(27)35)30(20-26-7-5-9-29(37)19-26)13-10-24-6-4-8-28(36)18-24/h4-9,11-12,14-15,18-19,21-22,30H,16-17,20,23H2,1-3H3. The van der Waals surface area contributed by atoms with Crippen LogP contribution < -0.4 is 14.2 Å². The lowest BCUT2D eigenvalue weighted by atomic mass is 10.0. The van der Waals surface area contributed by atoms with Crippen LogP contribution in [0.1, 0.15) is 22.3 Å². The van der Waals surface area contributed by atoms with Gasteiger partial charge in [0, 0.05) is 23.1 Å². The number of ether oxygens (including phenoxy) is 3. The molecule has 0 saturated carbocycles. The first kappa shape index (κ1) is 30.1. The second-order valence-electron chi connectivity index (χ2n) is 9.50. The van der Waals surface area contributed by atoms with Crippen molar-refractivity contribution in [1.82, 2.24) is 4.90 Å². The van der Waals surface area contributed by atoms with Gasteiger partial charge in [0.15, 0.2) is 11.5 Å². The highest BCUT2D eigenvalue weighted by molar-refractivity contribution is 9.10. The smallest absolute Gasteiger partial charge is 0.161 e. The molecule has 1 atom stereocenters. The average Bonchev–Trinajstić information content (AvgIpc) is 2.98. The lowest BCUT2D eigenvalue weighted by Gasteiger charge is -2.29. The molecule has 7 heteroatoms. The van der Waals surface area contributed by atoms with E-state index in [1.54, 1.807) is 39.5 Å². The molecule has 0 aliphatic heterocycles. The zero-order valence-corrected chi connectivity index (χ0v) is 24.9. The van der Waals surface area contributed by atoms with Gasteiger partial charge in [0.1, 0.15) is 17.4 Å². The van der Waals surface area contributed by atoms with Crippen LogP contribution in [0.2, 0.25) is 0 Å². The number of benzene rings is 4. The minimum atomic E-state index is -0.341. The quantitative estimate of drug-likeness (QED) is 0.163. The Labute approximate surface area is 249 Å². The number of nitrogens with zero attached hydrogens (tertiary/aromatic N) is 1. The van der Waals surface area contributed by atoms with Gasteiger partial charge in [0.05, 0.1) is 27.4 Å². The van der Waals surface area contributed by atoms with Crippen LogP contribution in [0.5, 0.6) is 17.2 Å². The fourth-order valence-corrected chi connectivity index (χ4v) is 5.07. The molecule has 0 saturated heterocycles. The maximum absolute atomic E-state index is 14.1. The van der Waals surface area contributed by atoms with Crippen LogP contribution in [0.15, 0.2) is 89.4 Å². The van der Waals surface area contributed by atoms with Gasteiger partial charge in [-0.2, -0.15) is 0 Å². The fraction of sp³-hybridized carbons (Fsp3) is 0.235. The van der Waals surface area contributed by atoms with Crippen LogP contribution in [0, 0.1) is 23.5 Å². The third-order valence-corrected chi connectivity index (χ3v) is 7.47. The molecule has 41 heavy (non-hydrogen) atoms. The van der Waals surface area contributed by atoms with Crippen molar-refractivity contribution in [2.45, 2.75) is 25.4 Å². The zero-order chi connectivity index (χ0) is 29.2. The zero-order valence-electron chi connectivity index (χ0n) is 23.3. The molecule has 0 amide bonds. The second-order valence-corrected chi connectivity index (χ2v) is 10.4. The van der Waals surface area contributed by atoms with Crippen molar-refractivity contribution in [3.63, 3.8) is 0 Å². The van der Waals surface area contributed by atoms with Gasteiger partial charge in [-0.1, -0.05) is 58.1 Å². The highest BCUT2D eigenvalue weighted by Crippen LogP contribution is 2.33. The highest BCUT2D eigenvalue weighted by Gasteiger charge is 2.20. The number of halogens is 3. The number of hydrogen-bond acceptors (Lipinski definition) is 4. The molecule has 4 aromatic carbocycles. The molecule has 0 spiro atoms. The van der Waals surface area contributed by atoms with Crippen LogP contribution in [-0.2, 0) is 19.4 Å². The van der Waals surface area contributed by atoms with Gasteiger partial charge < -0.3 is 14.2 Å². The minimum Gasteiger partial charge on any atom is -0.497 e. The van der Waals surface area contributed by atoms with E-state index in [4.69, 9.17) is 14.2 Å². The molecule has 0 heterocycles. The molecular formula is C34H32BrF2NO3. The van der Waals surface area contributed by atoms with Crippen molar-refractivity contribution >= 4 is 15.9 Å². The number of rotatable bonds is 11. The van der Waals surface area contributed by atoms with Gasteiger partial charge in [-0.3, -0.25) is 4.90 Å². The predicted molar refractivity (Wildman–Crippen MR) is 162 cm³/mol. The van der Waals surface area contributed by atoms with Crippen LogP contribution in [0.3, 0.4) is 0 Å². The first-order valence-corrected chi connectivity index (χ1v) is 14.0. The molecule has 0 bridgehead atoms. The van der Waals surface area contributed by atoms with Gasteiger partial charge in [0.2, 0.25) is 0 Å². The molecule has 0 N–H and O–H groups in total. The van der Waals surface area contributed by atoms with Crippen molar-refractivity contribution in [2.75, 3.05) is 27.9 Å². The molecule has 0 aliphatic carbocycles. The summed E-state index contributed by atoms with van der Waals surface area (Å²) in [6.45, 7) is 1.23. The highest BCUT2D eigenvalue weighted by atomic mass is 79.9. The lowest BCUT2D eigenvalue weighted by Crippen LogP contribution is -2.37. The van der Waals surface area contributed by atoms with E-state index in [-0.39, 0.29) is 17.7 Å². The molecule has 1 unspecified atom stereocenters. The third kappa shape index (κ3) is 8.56. The van der Waals surface area contributed by atoms with Crippen LogP contribution >= 0.6 is 15.9 Å². The topological polar surface area (TPSA) is 30.9 Å². The summed E-state index contributed by atoms with van der Waals surface area (Å²) in [4.78, 5) is 2.27. The van der Waals surface area contributed by atoms with E-state index in [1.165, 1.54) is 24.3 Å². The van der Waals surface area contributed by atoms with Gasteiger partial charge >= 0.3 is 0 Å². The third-order valence-electron chi connectivity index (χ3n) is 6.73. The summed E-state index contributed by atoms with van der Waals surface area (Å²) >= 11 is 3.68. The molecular weight excluding hydrogens is 588 g/mol. The van der Waals surface area contributed by atoms with E-state index in [0.29, 0.717) is 43.0 Å². The molecule has 212 valence electrons. The summed E-state index contributed by atoms with van der Waals surface area (Å²) in [5, 5.41) is 0. The Kier molecular flexibility index (Phi) is 10.8. The summed E-state index contributed by atoms with van der Waals surface area (Å²) < 4.78 is 45.3. The van der Waals surface area contributed by atoms with Gasteiger partial charge in [0.25, 0.3) is 0 Å². The van der Waals surface area contributed by atoms with Crippen molar-refractivity contribution in [2.24, 2.45) is 0 Å². The molecule has 0 aromatic heterocycles. The minimum absolute atomic E-state index is 0.291. The Hall–Kier alpha value is -3.86. The monoisotopic (exact) mass is 619 g/mol. The van der Waals surface area contributed by atoms with Crippen molar-refractivity contribution in [1.29, 1.82) is 0 Å². The normalized spacial score (nSPS) is 11.5. The second kappa shape index (κ2) is 14.7. The average molecular weight is 621 g/mol. The Morgan fingerprint density at radius 2 is 1.46 bits per heavy atom. The first-order valence-electron chi connectivity index (χ1n) is 13.2. The fourth-order valence-electron chi connectivity index (χ4n) is 4.55. The summed E-state index contributed by atoms with van der Waals surface area (Å²) in [5.41, 5.74) is 3.54. The maximum Gasteiger partial charge on any atom is 0.161 e. The van der Waals surface area contributed by atoms with E-state index in [1.807, 2.05) is 42.5 Å². The lowest BCUT2D eigenvalue weighted by molar-refractivity contribution is 0.227. The van der Waals surface area contributed by atoms with E-state index < -0.39 is 0 Å². The van der Waals surface area contributed by atoms with E-state index in [9.17, 15) is 8.78 Å². The van der Waals surface area contributed by atoms with Crippen LogP contribution in [-0.4, -0.2) is 38.8 Å². The van der Waals surface area contributed by atoms with E-state index >= 15 is 0 Å². The van der Waals surface area contributed by atoms with Crippen molar-refractivity contribution < 1.29 is 23.0 Å². The van der Waals surface area contributed by atoms with Crippen LogP contribution in [0.4, 0.5) is 8.78 Å². The molecule has 0 fully saturated rings. The van der Waals surface area contributed by atoms with Gasteiger partial charge in [-0.15, -0.1) is 0 Å². The molecule has 0 radical (unpaired) electrons. The summed E-state index contributed by atoms with van der Waals surface area (Å²) in [6, 6.07) is 24.3. The first-order chi connectivity index (χ1) is 19.9. The maximum atomic E-state index is 14.1. The number of hydrogen-bond donors (Lipinski definition) is 0. The predicted octanol–water partition coefficient (Wildman–Crippen LogP) is 7.46.